The van der Waals surface area contributed by atoms with E-state index in [9.17, 15) is 19.7 Å². The number of nitro groups is 1. The first kappa shape index (κ1) is 21.8. The zero-order valence-electron chi connectivity index (χ0n) is 17.0. The average molecular weight is 467 g/mol. The molecule has 11 heteroatoms. The van der Waals surface area contributed by atoms with E-state index in [2.05, 4.69) is 10.3 Å². The van der Waals surface area contributed by atoms with Gasteiger partial charge in [-0.3, -0.25) is 14.9 Å². The van der Waals surface area contributed by atoms with Gasteiger partial charge in [0.2, 0.25) is 5.88 Å². The van der Waals surface area contributed by atoms with Crippen molar-refractivity contribution in [2.24, 2.45) is 0 Å². The number of carbonyl (C=O) groups excluding carboxylic acids is 2. The maximum absolute atomic E-state index is 12.8. The summed E-state index contributed by atoms with van der Waals surface area (Å²) in [7, 11) is 1.44. The molecule has 1 aliphatic heterocycles. The molecule has 10 nitrogen and oxygen atoms in total. The van der Waals surface area contributed by atoms with E-state index in [1.807, 2.05) is 0 Å². The number of methoxy groups -OCH3 is 1. The normalized spacial score (nSPS) is 14.4. The number of pyridine rings is 1. The highest BCUT2D eigenvalue weighted by atomic mass is 35.5. The minimum atomic E-state index is -0.593. The third-order valence-corrected chi connectivity index (χ3v) is 4.82. The Hall–Kier alpha value is -4.44. The number of benzene rings is 2. The number of ether oxygens (including phenoxy) is 2. The molecule has 2 heterocycles. The molecule has 166 valence electrons. The Labute approximate surface area is 192 Å². The van der Waals surface area contributed by atoms with Crippen LogP contribution in [0.15, 0.2) is 66.5 Å². The van der Waals surface area contributed by atoms with Crippen LogP contribution in [-0.2, 0) is 4.79 Å². The average Bonchev–Trinajstić information content (AvgIpc) is 3.07. The number of halogens is 1. The van der Waals surface area contributed by atoms with Crippen molar-refractivity contribution in [1.82, 2.24) is 10.3 Å². The highest BCUT2D eigenvalue weighted by Crippen LogP contribution is 2.33. The van der Waals surface area contributed by atoms with Crippen LogP contribution in [0, 0.1) is 10.1 Å². The smallest absolute Gasteiger partial charge is 0.333 e. The number of aromatic nitrogens is 1. The van der Waals surface area contributed by atoms with Crippen molar-refractivity contribution >= 4 is 41.0 Å². The molecule has 2 aromatic carbocycles. The lowest BCUT2D eigenvalue weighted by atomic mass is 10.1. The Kier molecular flexibility index (Phi) is 5.92. The van der Waals surface area contributed by atoms with Gasteiger partial charge in [-0.2, -0.15) is 0 Å². The highest BCUT2D eigenvalue weighted by molar-refractivity contribution is 6.32. The Bertz CT molecular complexity index is 1290. The quantitative estimate of drug-likeness (QED) is 0.245. The number of imide groups is 1. The zero-order valence-corrected chi connectivity index (χ0v) is 17.8. The maximum Gasteiger partial charge on any atom is 0.333 e. The van der Waals surface area contributed by atoms with E-state index in [4.69, 9.17) is 21.1 Å². The molecule has 3 aromatic rings. The van der Waals surface area contributed by atoms with E-state index in [0.29, 0.717) is 27.8 Å². The molecule has 4 rings (SSSR count). The van der Waals surface area contributed by atoms with Crippen molar-refractivity contribution < 1.29 is 24.0 Å². The molecule has 0 unspecified atom stereocenters. The Morgan fingerprint density at radius 2 is 1.94 bits per heavy atom. The lowest BCUT2D eigenvalue weighted by Crippen LogP contribution is -2.30. The molecule has 0 atom stereocenters. The molecule has 1 aliphatic rings. The van der Waals surface area contributed by atoms with Crippen LogP contribution >= 0.6 is 11.6 Å². The summed E-state index contributed by atoms with van der Waals surface area (Å²) in [5.74, 6) is 0.244. The number of urea groups is 1. The summed E-state index contributed by atoms with van der Waals surface area (Å²) in [6.45, 7) is 0. The number of hydrogen-bond donors (Lipinski definition) is 1. The second-order valence-electron chi connectivity index (χ2n) is 6.73. The van der Waals surface area contributed by atoms with Crippen LogP contribution in [0.1, 0.15) is 5.56 Å². The van der Waals surface area contributed by atoms with Crippen molar-refractivity contribution in [3.63, 3.8) is 0 Å². The summed E-state index contributed by atoms with van der Waals surface area (Å²) < 4.78 is 11.0. The lowest BCUT2D eigenvalue weighted by Gasteiger charge is -2.12. The minimum absolute atomic E-state index is 0.0766. The standard InChI is InChI=1S/C22H15ClN4O6/c1-32-19-10-13(5-7-18(19)33-20-8-6-16(12-24-20)27(30)31)9-17-21(28)26(22(29)25-17)15-4-2-3-14(23)11-15/h2-12H,1H3,(H,25,29)/b17-9+. The van der Waals surface area contributed by atoms with Gasteiger partial charge in [0.15, 0.2) is 11.5 Å². The summed E-state index contributed by atoms with van der Waals surface area (Å²) >= 11 is 5.97. The lowest BCUT2D eigenvalue weighted by molar-refractivity contribution is -0.385. The number of nitrogens with zero attached hydrogens (tertiary/aromatic N) is 3. The fourth-order valence-electron chi connectivity index (χ4n) is 3.06. The second-order valence-corrected chi connectivity index (χ2v) is 7.17. The first-order valence-corrected chi connectivity index (χ1v) is 9.82. The Morgan fingerprint density at radius 3 is 2.61 bits per heavy atom. The molecule has 0 spiro atoms. The van der Waals surface area contributed by atoms with Crippen LogP contribution in [0.2, 0.25) is 5.02 Å². The van der Waals surface area contributed by atoms with Gasteiger partial charge < -0.3 is 14.8 Å². The molecule has 3 amide bonds. The number of carbonyl (C=O) groups is 2. The second kappa shape index (κ2) is 8.97. The molecule has 1 saturated heterocycles. The molecule has 1 fully saturated rings. The predicted octanol–water partition coefficient (Wildman–Crippen LogP) is 4.54. The summed E-state index contributed by atoms with van der Waals surface area (Å²) in [6, 6.07) is 13.3. The number of rotatable bonds is 6. The zero-order chi connectivity index (χ0) is 23.5. The van der Waals surface area contributed by atoms with E-state index in [1.165, 1.54) is 31.4 Å². The van der Waals surface area contributed by atoms with Crippen molar-refractivity contribution in [2.45, 2.75) is 0 Å². The Morgan fingerprint density at radius 1 is 1.12 bits per heavy atom. The molecular formula is C22H15ClN4O6. The van der Waals surface area contributed by atoms with Crippen LogP contribution in [-0.4, -0.2) is 29.0 Å². The van der Waals surface area contributed by atoms with E-state index in [-0.39, 0.29) is 17.3 Å². The van der Waals surface area contributed by atoms with Gasteiger partial charge in [-0.25, -0.2) is 14.7 Å². The number of hydrogen-bond acceptors (Lipinski definition) is 7. The maximum atomic E-state index is 12.8. The molecule has 1 aromatic heterocycles. The summed E-state index contributed by atoms with van der Waals surface area (Å²) in [5.41, 5.74) is 0.830. The predicted molar refractivity (Wildman–Crippen MR) is 119 cm³/mol. The van der Waals surface area contributed by atoms with E-state index in [1.54, 1.807) is 36.4 Å². The number of nitrogens with one attached hydrogen (secondary N) is 1. The van der Waals surface area contributed by atoms with E-state index < -0.39 is 16.9 Å². The molecular weight excluding hydrogens is 452 g/mol. The number of amides is 3. The third-order valence-electron chi connectivity index (χ3n) is 4.59. The van der Waals surface area contributed by atoms with Gasteiger partial charge >= 0.3 is 6.03 Å². The molecule has 0 bridgehead atoms. The monoisotopic (exact) mass is 466 g/mol. The molecule has 0 saturated carbocycles. The van der Waals surface area contributed by atoms with Gasteiger partial charge in [-0.15, -0.1) is 0 Å². The van der Waals surface area contributed by atoms with Crippen LogP contribution < -0.4 is 19.7 Å². The van der Waals surface area contributed by atoms with Gasteiger partial charge in [0.25, 0.3) is 11.6 Å². The minimum Gasteiger partial charge on any atom is -0.493 e. The number of anilines is 1. The molecule has 33 heavy (non-hydrogen) atoms. The van der Waals surface area contributed by atoms with Crippen LogP contribution in [0.4, 0.5) is 16.2 Å². The van der Waals surface area contributed by atoms with Crippen molar-refractivity contribution in [3.8, 4) is 17.4 Å². The first-order chi connectivity index (χ1) is 15.9. The topological polar surface area (TPSA) is 124 Å². The Balaban J connectivity index is 1.57. The van der Waals surface area contributed by atoms with Crippen molar-refractivity contribution in [2.75, 3.05) is 12.0 Å². The first-order valence-electron chi connectivity index (χ1n) is 9.45. The third kappa shape index (κ3) is 4.60. The summed E-state index contributed by atoms with van der Waals surface area (Å²) in [4.78, 5) is 40.2. The van der Waals surface area contributed by atoms with Gasteiger partial charge in [0.1, 0.15) is 11.9 Å². The van der Waals surface area contributed by atoms with Gasteiger partial charge in [-0.05, 0) is 42.0 Å². The van der Waals surface area contributed by atoms with Crippen molar-refractivity contribution in [3.05, 3.63) is 87.2 Å². The van der Waals surface area contributed by atoms with E-state index >= 15 is 0 Å². The summed E-state index contributed by atoms with van der Waals surface area (Å²) in [6.07, 6.45) is 2.59. The van der Waals surface area contributed by atoms with Crippen LogP contribution in [0.25, 0.3) is 6.08 Å². The fraction of sp³-hybridized carbons (Fsp3) is 0.0455. The molecule has 1 N–H and O–H groups in total. The van der Waals surface area contributed by atoms with Crippen molar-refractivity contribution in [1.29, 1.82) is 0 Å². The molecule has 0 aliphatic carbocycles. The van der Waals surface area contributed by atoms with Crippen LogP contribution in [0.5, 0.6) is 17.4 Å². The largest absolute Gasteiger partial charge is 0.493 e. The molecule has 0 radical (unpaired) electrons. The SMILES string of the molecule is COc1cc(/C=C2/NC(=O)N(c3cccc(Cl)c3)C2=O)ccc1Oc1ccc([N+](=O)[O-])cn1. The van der Waals surface area contributed by atoms with Gasteiger partial charge in [0.05, 0.1) is 17.7 Å². The van der Waals surface area contributed by atoms with E-state index in [0.717, 1.165) is 11.1 Å². The van der Waals surface area contributed by atoms with Gasteiger partial charge in [-0.1, -0.05) is 23.7 Å². The van der Waals surface area contributed by atoms with Gasteiger partial charge in [0, 0.05) is 17.2 Å². The highest BCUT2D eigenvalue weighted by Gasteiger charge is 2.35. The summed E-state index contributed by atoms with van der Waals surface area (Å²) in [5, 5.41) is 13.7. The fourth-order valence-corrected chi connectivity index (χ4v) is 3.25. The van der Waals surface area contributed by atoms with Crippen LogP contribution in [0.3, 0.4) is 0 Å².